The second-order valence-corrected chi connectivity index (χ2v) is 7.34. The Hall–Kier alpha value is -2.74. The molecule has 0 saturated carbocycles. The van der Waals surface area contributed by atoms with Gasteiger partial charge in [0.25, 0.3) is 0 Å². The van der Waals surface area contributed by atoms with Gasteiger partial charge in [0.1, 0.15) is 12.4 Å². The molecule has 0 radical (unpaired) electrons. The van der Waals surface area contributed by atoms with Crippen LogP contribution in [-0.4, -0.2) is 55.5 Å². The molecule has 0 unspecified atom stereocenters. The second-order valence-electron chi connectivity index (χ2n) is 7.34. The van der Waals surface area contributed by atoms with Gasteiger partial charge in [0.05, 0.1) is 17.2 Å². The molecule has 4 rings (SSSR count). The van der Waals surface area contributed by atoms with E-state index in [1.54, 1.807) is 13.2 Å². The Kier molecular flexibility index (Phi) is 4.89. The molecule has 8 nitrogen and oxygen atoms in total. The van der Waals surface area contributed by atoms with Gasteiger partial charge in [-0.3, -0.25) is 4.79 Å². The molecule has 1 aromatic carbocycles. The van der Waals surface area contributed by atoms with Gasteiger partial charge in [0, 0.05) is 20.0 Å². The molecule has 1 aliphatic rings. The maximum Gasteiger partial charge on any atom is 0.245 e. The van der Waals surface area contributed by atoms with Crippen LogP contribution in [0.15, 0.2) is 30.5 Å². The van der Waals surface area contributed by atoms with E-state index in [2.05, 4.69) is 27.5 Å². The smallest absolute Gasteiger partial charge is 0.245 e. The van der Waals surface area contributed by atoms with Crippen LogP contribution in [0.2, 0.25) is 0 Å². The molecule has 1 fully saturated rings. The molecule has 1 N–H and O–H groups in total. The first-order valence-electron chi connectivity index (χ1n) is 9.37. The number of carbonyl (C=O) groups excluding carboxylic acids is 1. The lowest BCUT2D eigenvalue weighted by atomic mass is 9.95. The number of para-hydroxylation sites is 2. The van der Waals surface area contributed by atoms with Crippen LogP contribution < -0.4 is 5.32 Å². The van der Waals surface area contributed by atoms with Crippen LogP contribution in [0.5, 0.6) is 0 Å². The van der Waals surface area contributed by atoms with Gasteiger partial charge in [0.2, 0.25) is 5.91 Å². The van der Waals surface area contributed by atoms with Gasteiger partial charge in [-0.15, -0.1) is 5.10 Å². The van der Waals surface area contributed by atoms with E-state index in [4.69, 9.17) is 4.98 Å². The molecule has 142 valence electrons. The fourth-order valence-electron chi connectivity index (χ4n) is 3.88. The van der Waals surface area contributed by atoms with E-state index >= 15 is 0 Å². The number of anilines is 1. The minimum Gasteiger partial charge on any atom is -0.318 e. The SMILES string of the molecule is CN1CCC[C@H](Cc2nc3ccccc3n2CC(=O)Nc2cnn(C)n2)C1. The van der Waals surface area contributed by atoms with Gasteiger partial charge < -0.3 is 14.8 Å². The van der Waals surface area contributed by atoms with E-state index in [0.29, 0.717) is 11.7 Å². The fraction of sp³-hybridized carbons (Fsp3) is 0.474. The lowest BCUT2D eigenvalue weighted by Gasteiger charge is -2.29. The van der Waals surface area contributed by atoms with Crippen molar-refractivity contribution >= 4 is 22.8 Å². The Labute approximate surface area is 158 Å². The van der Waals surface area contributed by atoms with Crippen molar-refractivity contribution in [3.05, 3.63) is 36.3 Å². The van der Waals surface area contributed by atoms with Gasteiger partial charge in [-0.1, -0.05) is 12.1 Å². The number of rotatable bonds is 5. The Bertz CT molecular complexity index is 945. The summed E-state index contributed by atoms with van der Waals surface area (Å²) in [5.74, 6) is 1.89. The maximum absolute atomic E-state index is 12.6. The quantitative estimate of drug-likeness (QED) is 0.742. The number of amides is 1. The highest BCUT2D eigenvalue weighted by Gasteiger charge is 2.22. The summed E-state index contributed by atoms with van der Waals surface area (Å²) in [4.78, 5) is 21.2. The number of hydrogen-bond acceptors (Lipinski definition) is 5. The number of carbonyl (C=O) groups is 1. The van der Waals surface area contributed by atoms with Gasteiger partial charge >= 0.3 is 0 Å². The number of fused-ring (bicyclic) bond motifs is 1. The first-order chi connectivity index (χ1) is 13.1. The lowest BCUT2D eigenvalue weighted by molar-refractivity contribution is -0.116. The average Bonchev–Trinajstić information content (AvgIpc) is 3.19. The summed E-state index contributed by atoms with van der Waals surface area (Å²) in [7, 11) is 3.89. The number of nitrogens with zero attached hydrogens (tertiary/aromatic N) is 6. The molecule has 1 saturated heterocycles. The van der Waals surface area contributed by atoms with Crippen LogP contribution in [-0.2, 0) is 24.8 Å². The summed E-state index contributed by atoms with van der Waals surface area (Å²) < 4.78 is 2.04. The highest BCUT2D eigenvalue weighted by atomic mass is 16.2. The molecule has 1 amide bonds. The summed E-state index contributed by atoms with van der Waals surface area (Å²) >= 11 is 0. The third kappa shape index (κ3) is 4.00. The zero-order chi connectivity index (χ0) is 18.8. The summed E-state index contributed by atoms with van der Waals surface area (Å²) in [6.45, 7) is 2.46. The number of nitrogens with one attached hydrogen (secondary N) is 1. The summed E-state index contributed by atoms with van der Waals surface area (Å²) in [6, 6.07) is 7.99. The molecule has 3 heterocycles. The van der Waals surface area contributed by atoms with E-state index < -0.39 is 0 Å². The molecule has 8 heteroatoms. The molecular formula is C19H25N7O. The second kappa shape index (κ2) is 7.48. The highest BCUT2D eigenvalue weighted by molar-refractivity contribution is 5.90. The molecule has 1 aliphatic heterocycles. The van der Waals surface area contributed by atoms with Crippen molar-refractivity contribution in [3.63, 3.8) is 0 Å². The van der Waals surface area contributed by atoms with Gasteiger partial charge in [-0.2, -0.15) is 9.90 Å². The van der Waals surface area contributed by atoms with Crippen molar-refractivity contribution in [2.24, 2.45) is 13.0 Å². The fourth-order valence-corrected chi connectivity index (χ4v) is 3.88. The van der Waals surface area contributed by atoms with E-state index in [1.807, 2.05) is 28.8 Å². The number of aryl methyl sites for hydroxylation is 1. The van der Waals surface area contributed by atoms with Crippen molar-refractivity contribution in [2.45, 2.75) is 25.8 Å². The maximum atomic E-state index is 12.6. The minimum absolute atomic E-state index is 0.124. The molecule has 3 aromatic rings. The summed E-state index contributed by atoms with van der Waals surface area (Å²) in [5, 5.41) is 10.9. The van der Waals surface area contributed by atoms with Crippen molar-refractivity contribution in [1.82, 2.24) is 29.4 Å². The lowest BCUT2D eigenvalue weighted by Crippen LogP contribution is -2.33. The van der Waals surface area contributed by atoms with Gasteiger partial charge in [-0.25, -0.2) is 4.98 Å². The predicted octanol–water partition coefficient (Wildman–Crippen LogP) is 1.69. The topological polar surface area (TPSA) is 80.9 Å². The number of aromatic nitrogens is 5. The van der Waals surface area contributed by atoms with Crippen molar-refractivity contribution < 1.29 is 4.79 Å². The van der Waals surface area contributed by atoms with Crippen LogP contribution in [0.4, 0.5) is 5.82 Å². The number of benzene rings is 1. The third-order valence-corrected chi connectivity index (χ3v) is 5.10. The van der Waals surface area contributed by atoms with E-state index in [0.717, 1.165) is 36.4 Å². The standard InChI is InChI=1S/C19H25N7O/c1-24-9-5-6-14(12-24)10-18-21-15-7-3-4-8-16(15)26(18)13-19(27)22-17-11-20-25(2)23-17/h3-4,7-8,11,14H,5-6,9-10,12-13H2,1-2H3,(H,22,23,27)/t14-/m1/s1. The third-order valence-electron chi connectivity index (χ3n) is 5.10. The van der Waals surface area contributed by atoms with Crippen LogP contribution in [0.25, 0.3) is 11.0 Å². The van der Waals surface area contributed by atoms with E-state index in [9.17, 15) is 4.79 Å². The minimum atomic E-state index is -0.124. The first kappa shape index (κ1) is 17.7. The molecule has 0 bridgehead atoms. The predicted molar refractivity (Wildman–Crippen MR) is 103 cm³/mol. The molecular weight excluding hydrogens is 342 g/mol. The van der Waals surface area contributed by atoms with Crippen LogP contribution >= 0.6 is 0 Å². The van der Waals surface area contributed by atoms with Crippen LogP contribution in [0.1, 0.15) is 18.7 Å². The average molecular weight is 367 g/mol. The number of imidazole rings is 1. The number of hydrogen-bond donors (Lipinski definition) is 1. The Morgan fingerprint density at radius 3 is 2.93 bits per heavy atom. The zero-order valence-corrected chi connectivity index (χ0v) is 15.8. The largest absolute Gasteiger partial charge is 0.318 e. The molecule has 0 aliphatic carbocycles. The molecule has 27 heavy (non-hydrogen) atoms. The van der Waals surface area contributed by atoms with Crippen molar-refractivity contribution in [1.29, 1.82) is 0 Å². The number of likely N-dealkylation sites (tertiary alicyclic amines) is 1. The summed E-state index contributed by atoms with van der Waals surface area (Å²) in [5.41, 5.74) is 1.93. The molecule has 2 aromatic heterocycles. The van der Waals surface area contributed by atoms with Gasteiger partial charge in [0.15, 0.2) is 5.82 Å². The highest BCUT2D eigenvalue weighted by Crippen LogP contribution is 2.23. The summed E-state index contributed by atoms with van der Waals surface area (Å²) in [6.07, 6.45) is 4.86. The zero-order valence-electron chi connectivity index (χ0n) is 15.8. The van der Waals surface area contributed by atoms with E-state index in [1.165, 1.54) is 17.6 Å². The van der Waals surface area contributed by atoms with Crippen LogP contribution in [0.3, 0.4) is 0 Å². The first-order valence-corrected chi connectivity index (χ1v) is 9.37. The molecule has 1 atom stereocenters. The van der Waals surface area contributed by atoms with Crippen molar-refractivity contribution in [2.75, 3.05) is 25.5 Å². The normalized spacial score (nSPS) is 18.1. The Morgan fingerprint density at radius 2 is 2.15 bits per heavy atom. The van der Waals surface area contributed by atoms with Gasteiger partial charge in [-0.05, 0) is 44.5 Å². The Morgan fingerprint density at radius 1 is 1.30 bits per heavy atom. The molecule has 0 spiro atoms. The monoisotopic (exact) mass is 367 g/mol. The van der Waals surface area contributed by atoms with E-state index in [-0.39, 0.29) is 12.5 Å². The number of piperidine rings is 1. The Balaban J connectivity index is 1.57. The van der Waals surface area contributed by atoms with Crippen molar-refractivity contribution in [3.8, 4) is 0 Å². The van der Waals surface area contributed by atoms with Crippen LogP contribution in [0, 0.1) is 5.92 Å².